The lowest BCUT2D eigenvalue weighted by molar-refractivity contribution is -0.137. The van der Waals surface area contributed by atoms with Gasteiger partial charge in [-0.15, -0.1) is 0 Å². The first-order valence-corrected chi connectivity index (χ1v) is 7.65. The molecule has 2 N–H and O–H groups in total. The zero-order valence-corrected chi connectivity index (χ0v) is 14.1. The molecule has 0 spiro atoms. The molecule has 0 aromatic heterocycles. The number of rotatable bonds is 5. The van der Waals surface area contributed by atoms with Crippen LogP contribution in [0.4, 0.5) is 18.9 Å². The van der Waals surface area contributed by atoms with Crippen LogP contribution in [0.15, 0.2) is 64.8 Å². The highest BCUT2D eigenvalue weighted by Crippen LogP contribution is 2.31. The third-order valence-corrected chi connectivity index (χ3v) is 3.63. The summed E-state index contributed by atoms with van der Waals surface area (Å²) >= 11 is 3.21. The van der Waals surface area contributed by atoms with E-state index in [-0.39, 0.29) is 11.3 Å². The van der Waals surface area contributed by atoms with Gasteiger partial charge in [0.1, 0.15) is 5.70 Å². The van der Waals surface area contributed by atoms with Gasteiger partial charge in [-0.2, -0.15) is 13.2 Å². The molecule has 2 aromatic rings. The molecule has 0 radical (unpaired) electrons. The van der Waals surface area contributed by atoms with Crippen LogP contribution in [0.1, 0.15) is 15.9 Å². The molecule has 25 heavy (non-hydrogen) atoms. The first kappa shape index (κ1) is 18.7. The predicted octanol–water partition coefficient (Wildman–Crippen LogP) is 4.73. The number of allylic oxidation sites excluding steroid dienone is 1. The Labute approximate surface area is 149 Å². The second-order valence-electron chi connectivity index (χ2n) is 4.94. The largest absolute Gasteiger partial charge is 0.477 e. The van der Waals surface area contributed by atoms with Gasteiger partial charge in [-0.3, -0.25) is 4.79 Å². The van der Waals surface area contributed by atoms with Crippen LogP contribution in [0.3, 0.4) is 0 Å². The van der Waals surface area contributed by atoms with E-state index < -0.39 is 29.2 Å². The van der Waals surface area contributed by atoms with Crippen LogP contribution >= 0.6 is 15.9 Å². The smallest absolute Gasteiger partial charge is 0.416 e. The molecule has 0 unspecified atom stereocenters. The fraction of sp³-hybridized carbons (Fsp3) is 0.0588. The molecule has 0 aliphatic carbocycles. The van der Waals surface area contributed by atoms with Gasteiger partial charge in [-0.25, -0.2) is 4.79 Å². The molecule has 0 heterocycles. The first-order valence-electron chi connectivity index (χ1n) is 6.86. The van der Waals surface area contributed by atoms with Gasteiger partial charge in [0.25, 0.3) is 0 Å². The molecule has 0 bridgehead atoms. The van der Waals surface area contributed by atoms with E-state index in [0.717, 1.165) is 28.7 Å². The van der Waals surface area contributed by atoms with Crippen molar-refractivity contribution >= 4 is 33.4 Å². The maximum Gasteiger partial charge on any atom is 0.416 e. The summed E-state index contributed by atoms with van der Waals surface area (Å²) in [5, 5.41) is 11.5. The van der Waals surface area contributed by atoms with Gasteiger partial charge in [0.15, 0.2) is 5.78 Å². The molecule has 0 aliphatic heterocycles. The number of carboxylic acid groups (broad SMARTS) is 1. The van der Waals surface area contributed by atoms with Crippen LogP contribution < -0.4 is 5.32 Å². The highest BCUT2D eigenvalue weighted by Gasteiger charge is 2.30. The number of carboxylic acids is 1. The number of anilines is 1. The summed E-state index contributed by atoms with van der Waals surface area (Å²) in [6.07, 6.45) is -3.73. The van der Waals surface area contributed by atoms with Crippen LogP contribution in [0, 0.1) is 0 Å². The highest BCUT2D eigenvalue weighted by atomic mass is 79.9. The van der Waals surface area contributed by atoms with E-state index in [4.69, 9.17) is 0 Å². The number of carbonyl (C=O) groups excluding carboxylic acids is 1. The first-order chi connectivity index (χ1) is 11.7. The van der Waals surface area contributed by atoms with Crippen molar-refractivity contribution in [1.82, 2.24) is 0 Å². The number of hydrogen-bond donors (Lipinski definition) is 2. The standard InChI is InChI=1S/C17H11BrF3NO3/c18-12-6-4-10(5-7-12)15(23)9-14(16(24)25)22-13-3-1-2-11(8-13)17(19,20)21/h1-9,22H,(H,24,25). The van der Waals surface area contributed by atoms with Crippen molar-refractivity contribution in [3.8, 4) is 0 Å². The normalized spacial score (nSPS) is 11.9. The number of halogens is 4. The number of benzene rings is 2. The van der Waals surface area contributed by atoms with Crippen molar-refractivity contribution in [3.63, 3.8) is 0 Å². The molecular formula is C17H11BrF3NO3. The summed E-state index contributed by atoms with van der Waals surface area (Å²) in [5.41, 5.74) is -1.31. The summed E-state index contributed by atoms with van der Waals surface area (Å²) in [6.45, 7) is 0. The van der Waals surface area contributed by atoms with Gasteiger partial charge in [0, 0.05) is 21.8 Å². The van der Waals surface area contributed by atoms with E-state index in [0.29, 0.717) is 0 Å². The van der Waals surface area contributed by atoms with E-state index in [1.165, 1.54) is 18.2 Å². The SMILES string of the molecule is O=C(O)C(=CC(=O)c1ccc(Br)cc1)Nc1cccc(C(F)(F)F)c1. The fourth-order valence-corrected chi connectivity index (χ4v) is 2.17. The van der Waals surface area contributed by atoms with Gasteiger partial charge < -0.3 is 10.4 Å². The maximum absolute atomic E-state index is 12.7. The molecule has 0 atom stereocenters. The minimum absolute atomic E-state index is 0.0907. The van der Waals surface area contributed by atoms with Crippen LogP contribution in [0.5, 0.6) is 0 Å². The third-order valence-electron chi connectivity index (χ3n) is 3.10. The van der Waals surface area contributed by atoms with Crippen molar-refractivity contribution in [1.29, 1.82) is 0 Å². The Bertz CT molecular complexity index is 830. The Morgan fingerprint density at radius 2 is 1.72 bits per heavy atom. The average Bonchev–Trinajstić information content (AvgIpc) is 2.54. The Morgan fingerprint density at radius 1 is 1.08 bits per heavy atom. The highest BCUT2D eigenvalue weighted by molar-refractivity contribution is 9.10. The molecular weight excluding hydrogens is 403 g/mol. The molecule has 4 nitrogen and oxygen atoms in total. The van der Waals surface area contributed by atoms with Crippen molar-refractivity contribution in [2.75, 3.05) is 5.32 Å². The predicted molar refractivity (Wildman–Crippen MR) is 89.3 cm³/mol. The van der Waals surface area contributed by atoms with Crippen LogP contribution in [0.2, 0.25) is 0 Å². The van der Waals surface area contributed by atoms with Crippen molar-refractivity contribution < 1.29 is 27.9 Å². The summed E-state index contributed by atoms with van der Waals surface area (Å²) in [7, 11) is 0. The summed E-state index contributed by atoms with van der Waals surface area (Å²) in [4.78, 5) is 23.4. The van der Waals surface area contributed by atoms with Gasteiger partial charge in [-0.1, -0.05) is 22.0 Å². The minimum Gasteiger partial charge on any atom is -0.477 e. The fourth-order valence-electron chi connectivity index (χ4n) is 1.91. The third kappa shape index (κ3) is 5.18. The van der Waals surface area contributed by atoms with Crippen molar-refractivity contribution in [2.24, 2.45) is 0 Å². The summed E-state index contributed by atoms with van der Waals surface area (Å²) in [5.74, 6) is -2.06. The van der Waals surface area contributed by atoms with Gasteiger partial charge in [0.2, 0.25) is 0 Å². The Balaban J connectivity index is 2.28. The molecule has 0 amide bonds. The molecule has 0 aliphatic rings. The molecule has 2 rings (SSSR count). The van der Waals surface area contributed by atoms with Gasteiger partial charge >= 0.3 is 12.1 Å². The van der Waals surface area contributed by atoms with Crippen LogP contribution in [-0.2, 0) is 11.0 Å². The molecule has 0 saturated carbocycles. The number of carbonyl (C=O) groups is 2. The lowest BCUT2D eigenvalue weighted by Gasteiger charge is -2.11. The maximum atomic E-state index is 12.7. The van der Waals surface area contributed by atoms with E-state index in [1.807, 2.05) is 0 Å². The Kier molecular flexibility index (Phi) is 5.63. The molecule has 0 fully saturated rings. The monoisotopic (exact) mass is 413 g/mol. The summed E-state index contributed by atoms with van der Waals surface area (Å²) < 4.78 is 38.9. The second-order valence-corrected chi connectivity index (χ2v) is 5.85. The molecule has 8 heteroatoms. The summed E-state index contributed by atoms with van der Waals surface area (Å²) in [6, 6.07) is 10.3. The van der Waals surface area contributed by atoms with Crippen LogP contribution in [-0.4, -0.2) is 16.9 Å². The van der Waals surface area contributed by atoms with E-state index in [2.05, 4.69) is 21.2 Å². The van der Waals surface area contributed by atoms with E-state index >= 15 is 0 Å². The Hall–Kier alpha value is -2.61. The number of ketones is 1. The van der Waals surface area contributed by atoms with Crippen molar-refractivity contribution in [3.05, 3.63) is 75.9 Å². The zero-order chi connectivity index (χ0) is 18.6. The lowest BCUT2D eigenvalue weighted by atomic mass is 10.1. The van der Waals surface area contributed by atoms with E-state index in [1.54, 1.807) is 12.1 Å². The number of aliphatic carboxylic acids is 1. The minimum atomic E-state index is -4.56. The zero-order valence-electron chi connectivity index (χ0n) is 12.5. The van der Waals surface area contributed by atoms with Crippen molar-refractivity contribution in [2.45, 2.75) is 6.18 Å². The number of alkyl halides is 3. The number of hydrogen-bond acceptors (Lipinski definition) is 3. The number of nitrogens with one attached hydrogen (secondary N) is 1. The lowest BCUT2D eigenvalue weighted by Crippen LogP contribution is -2.13. The van der Waals surface area contributed by atoms with E-state index in [9.17, 15) is 27.9 Å². The topological polar surface area (TPSA) is 66.4 Å². The van der Waals surface area contributed by atoms with Gasteiger partial charge in [-0.05, 0) is 42.5 Å². The van der Waals surface area contributed by atoms with Crippen LogP contribution in [0.25, 0.3) is 0 Å². The molecule has 2 aromatic carbocycles. The quantitative estimate of drug-likeness (QED) is 0.549. The Morgan fingerprint density at radius 3 is 2.28 bits per heavy atom. The van der Waals surface area contributed by atoms with Gasteiger partial charge in [0.05, 0.1) is 5.56 Å². The molecule has 130 valence electrons. The second kappa shape index (κ2) is 7.52. The molecule has 0 saturated heterocycles. The average molecular weight is 414 g/mol.